The van der Waals surface area contributed by atoms with E-state index in [2.05, 4.69) is 10.1 Å². The smallest absolute Gasteiger partial charge is 0.308 e. The molecule has 20 heavy (non-hydrogen) atoms. The van der Waals surface area contributed by atoms with Gasteiger partial charge in [-0.3, -0.25) is 4.79 Å². The summed E-state index contributed by atoms with van der Waals surface area (Å²) < 4.78 is 15.7. The summed E-state index contributed by atoms with van der Waals surface area (Å²) in [6.45, 7) is 4.38. The van der Waals surface area contributed by atoms with Gasteiger partial charge in [0.2, 0.25) is 0 Å². The van der Waals surface area contributed by atoms with E-state index in [0.717, 1.165) is 25.7 Å². The van der Waals surface area contributed by atoms with Crippen LogP contribution in [0.15, 0.2) is 4.52 Å². The molecule has 1 saturated carbocycles. The fourth-order valence-electron chi connectivity index (χ4n) is 2.38. The van der Waals surface area contributed by atoms with Gasteiger partial charge in [-0.05, 0) is 25.7 Å². The van der Waals surface area contributed by atoms with Crippen LogP contribution in [0, 0.1) is 5.92 Å². The van der Waals surface area contributed by atoms with Crippen LogP contribution in [-0.2, 0) is 20.9 Å². The van der Waals surface area contributed by atoms with E-state index in [1.54, 1.807) is 0 Å². The van der Waals surface area contributed by atoms with Gasteiger partial charge < -0.3 is 14.0 Å². The highest BCUT2D eigenvalue weighted by molar-refractivity contribution is 5.72. The lowest BCUT2D eigenvalue weighted by Crippen LogP contribution is -2.26. The van der Waals surface area contributed by atoms with Crippen molar-refractivity contribution in [1.29, 1.82) is 0 Å². The minimum atomic E-state index is -0.109. The fourth-order valence-corrected chi connectivity index (χ4v) is 2.38. The molecule has 0 spiro atoms. The molecule has 1 heterocycles. The molecule has 1 aromatic heterocycles. The Morgan fingerprint density at radius 2 is 2.05 bits per heavy atom. The Kier molecular flexibility index (Phi) is 5.11. The highest BCUT2D eigenvalue weighted by atomic mass is 16.5. The van der Waals surface area contributed by atoms with Gasteiger partial charge >= 0.3 is 5.97 Å². The van der Waals surface area contributed by atoms with Crippen molar-refractivity contribution in [3.8, 4) is 0 Å². The maximum Gasteiger partial charge on any atom is 0.308 e. The molecule has 6 heteroatoms. The van der Waals surface area contributed by atoms with Crippen molar-refractivity contribution in [2.24, 2.45) is 5.92 Å². The summed E-state index contributed by atoms with van der Waals surface area (Å²) in [7, 11) is 1.44. The van der Waals surface area contributed by atoms with Gasteiger partial charge in [0.15, 0.2) is 5.82 Å². The van der Waals surface area contributed by atoms with E-state index in [1.165, 1.54) is 7.11 Å². The number of methoxy groups -OCH3 is 1. The second-order valence-corrected chi connectivity index (χ2v) is 5.51. The summed E-state index contributed by atoms with van der Waals surface area (Å²) in [4.78, 5) is 15.7. The lowest BCUT2D eigenvalue weighted by atomic mass is 9.87. The van der Waals surface area contributed by atoms with Crippen LogP contribution >= 0.6 is 0 Å². The van der Waals surface area contributed by atoms with Crippen LogP contribution < -0.4 is 0 Å². The van der Waals surface area contributed by atoms with Gasteiger partial charge in [-0.2, -0.15) is 4.98 Å². The Bertz CT molecular complexity index is 436. The zero-order valence-electron chi connectivity index (χ0n) is 12.3. The number of hydrogen-bond acceptors (Lipinski definition) is 6. The first-order valence-electron chi connectivity index (χ1n) is 7.12. The SMILES string of the molecule is COC(=O)C1CCC(OCc2nc(C(C)C)no2)CC1. The van der Waals surface area contributed by atoms with Gasteiger partial charge in [0.05, 0.1) is 19.1 Å². The molecule has 0 radical (unpaired) electrons. The Morgan fingerprint density at radius 1 is 1.35 bits per heavy atom. The third-order valence-electron chi connectivity index (χ3n) is 3.65. The molecule has 0 amide bonds. The minimum absolute atomic E-state index is 0.0239. The second kappa shape index (κ2) is 6.83. The maximum atomic E-state index is 11.4. The van der Waals surface area contributed by atoms with E-state index in [-0.39, 0.29) is 23.9 Å². The number of aromatic nitrogens is 2. The summed E-state index contributed by atoms with van der Waals surface area (Å²) in [5.41, 5.74) is 0. The van der Waals surface area contributed by atoms with Crippen LogP contribution in [0.2, 0.25) is 0 Å². The number of carbonyl (C=O) groups is 1. The van der Waals surface area contributed by atoms with Crippen LogP contribution in [0.5, 0.6) is 0 Å². The van der Waals surface area contributed by atoms with Crippen molar-refractivity contribution in [2.45, 2.75) is 58.2 Å². The Balaban J connectivity index is 1.74. The number of ether oxygens (including phenoxy) is 2. The second-order valence-electron chi connectivity index (χ2n) is 5.51. The van der Waals surface area contributed by atoms with E-state index in [4.69, 9.17) is 14.0 Å². The molecule has 112 valence electrons. The zero-order valence-corrected chi connectivity index (χ0v) is 12.3. The highest BCUT2D eigenvalue weighted by Crippen LogP contribution is 2.27. The summed E-state index contributed by atoms with van der Waals surface area (Å²) in [6.07, 6.45) is 3.53. The first kappa shape index (κ1) is 15.0. The number of rotatable bonds is 5. The number of esters is 1. The number of nitrogens with zero attached hydrogens (tertiary/aromatic N) is 2. The van der Waals surface area contributed by atoms with E-state index in [9.17, 15) is 4.79 Å². The van der Waals surface area contributed by atoms with Gasteiger partial charge in [-0.15, -0.1) is 0 Å². The molecule has 2 rings (SSSR count). The van der Waals surface area contributed by atoms with Crippen LogP contribution in [0.1, 0.15) is 57.2 Å². The quantitative estimate of drug-likeness (QED) is 0.772. The van der Waals surface area contributed by atoms with Gasteiger partial charge in [-0.1, -0.05) is 19.0 Å². The van der Waals surface area contributed by atoms with Gasteiger partial charge in [0.25, 0.3) is 5.89 Å². The summed E-state index contributed by atoms with van der Waals surface area (Å²) in [5.74, 6) is 1.39. The summed E-state index contributed by atoms with van der Waals surface area (Å²) in [6, 6.07) is 0. The normalized spacial score (nSPS) is 23.0. The molecule has 0 aromatic carbocycles. The van der Waals surface area contributed by atoms with E-state index >= 15 is 0 Å². The van der Waals surface area contributed by atoms with Crippen LogP contribution in [0.4, 0.5) is 0 Å². The highest BCUT2D eigenvalue weighted by Gasteiger charge is 2.27. The van der Waals surface area contributed by atoms with Crippen molar-refractivity contribution in [3.63, 3.8) is 0 Å². The molecule has 6 nitrogen and oxygen atoms in total. The lowest BCUT2D eigenvalue weighted by molar-refractivity contribution is -0.147. The van der Waals surface area contributed by atoms with E-state index in [1.807, 2.05) is 13.8 Å². The molecular weight excluding hydrogens is 260 g/mol. The number of carbonyl (C=O) groups excluding carboxylic acids is 1. The average Bonchev–Trinajstić information content (AvgIpc) is 2.94. The van der Waals surface area contributed by atoms with Crippen molar-refractivity contribution in [3.05, 3.63) is 11.7 Å². The molecule has 1 fully saturated rings. The monoisotopic (exact) mass is 282 g/mol. The molecule has 0 N–H and O–H groups in total. The van der Waals surface area contributed by atoms with Gasteiger partial charge in [-0.25, -0.2) is 0 Å². The largest absolute Gasteiger partial charge is 0.469 e. The minimum Gasteiger partial charge on any atom is -0.469 e. The van der Waals surface area contributed by atoms with Gasteiger partial charge in [0, 0.05) is 5.92 Å². The molecule has 0 atom stereocenters. The van der Waals surface area contributed by atoms with Crippen molar-refractivity contribution < 1.29 is 18.8 Å². The van der Waals surface area contributed by atoms with Crippen LogP contribution in [0.3, 0.4) is 0 Å². The number of hydrogen-bond donors (Lipinski definition) is 0. The Hall–Kier alpha value is -1.43. The molecule has 0 unspecified atom stereocenters. The van der Waals surface area contributed by atoms with Crippen LogP contribution in [-0.4, -0.2) is 29.3 Å². The van der Waals surface area contributed by atoms with E-state index in [0.29, 0.717) is 18.3 Å². The third-order valence-corrected chi connectivity index (χ3v) is 3.65. The first-order chi connectivity index (χ1) is 9.60. The topological polar surface area (TPSA) is 74.5 Å². The standard InChI is InChI=1S/C14H22N2O4/c1-9(2)13-15-12(20-16-13)8-19-11-6-4-10(5-7-11)14(17)18-3/h9-11H,4-8H2,1-3H3. The molecule has 0 aliphatic heterocycles. The predicted molar refractivity (Wildman–Crippen MR) is 70.9 cm³/mol. The third kappa shape index (κ3) is 3.79. The molecule has 0 saturated heterocycles. The lowest BCUT2D eigenvalue weighted by Gasteiger charge is -2.26. The van der Waals surface area contributed by atoms with Crippen LogP contribution in [0.25, 0.3) is 0 Å². The van der Waals surface area contributed by atoms with Crippen molar-refractivity contribution in [1.82, 2.24) is 10.1 Å². The molecule has 1 aliphatic rings. The summed E-state index contributed by atoms with van der Waals surface area (Å²) in [5, 5.41) is 3.90. The Labute approximate surface area is 118 Å². The average molecular weight is 282 g/mol. The molecular formula is C14H22N2O4. The molecule has 1 aromatic rings. The van der Waals surface area contributed by atoms with Crippen molar-refractivity contribution in [2.75, 3.05) is 7.11 Å². The molecule has 1 aliphatic carbocycles. The van der Waals surface area contributed by atoms with E-state index < -0.39 is 0 Å². The zero-order chi connectivity index (χ0) is 14.5. The first-order valence-corrected chi connectivity index (χ1v) is 7.12. The summed E-state index contributed by atoms with van der Waals surface area (Å²) >= 11 is 0. The maximum absolute atomic E-state index is 11.4. The van der Waals surface area contributed by atoms with Gasteiger partial charge in [0.1, 0.15) is 6.61 Å². The predicted octanol–water partition coefficient (Wildman–Crippen LogP) is 2.44. The molecule has 0 bridgehead atoms. The fraction of sp³-hybridized carbons (Fsp3) is 0.786. The Morgan fingerprint density at radius 3 is 2.60 bits per heavy atom. The van der Waals surface area contributed by atoms with Crippen molar-refractivity contribution >= 4 is 5.97 Å².